The summed E-state index contributed by atoms with van der Waals surface area (Å²) in [5.74, 6) is -0.202. The van der Waals surface area contributed by atoms with Crippen LogP contribution in [-0.2, 0) is 25.4 Å². The van der Waals surface area contributed by atoms with Crippen molar-refractivity contribution in [3.05, 3.63) is 35.9 Å². The summed E-state index contributed by atoms with van der Waals surface area (Å²) in [7, 11) is 3.07. The van der Waals surface area contributed by atoms with Gasteiger partial charge in [0.2, 0.25) is 0 Å². The number of ether oxygens (including phenoxy) is 3. The first-order valence-electron chi connectivity index (χ1n) is 7.45. The molecule has 1 saturated heterocycles. The SMILES string of the molecule is COC(=O)[C@H](C)[C@H]1C[C@@H](OC)O[C@@H]1CCc1ccccc1. The van der Waals surface area contributed by atoms with E-state index in [4.69, 9.17) is 14.2 Å². The van der Waals surface area contributed by atoms with Crippen molar-refractivity contribution in [1.29, 1.82) is 0 Å². The summed E-state index contributed by atoms with van der Waals surface area (Å²) in [4.78, 5) is 11.8. The van der Waals surface area contributed by atoms with Crippen LogP contribution in [0.5, 0.6) is 0 Å². The molecule has 0 radical (unpaired) electrons. The molecule has 0 bridgehead atoms. The smallest absolute Gasteiger partial charge is 0.308 e. The molecule has 1 aliphatic heterocycles. The second-order valence-electron chi connectivity index (χ2n) is 5.58. The number of aryl methyl sites for hydroxylation is 1. The Hall–Kier alpha value is -1.39. The third-order valence-corrected chi connectivity index (χ3v) is 4.31. The van der Waals surface area contributed by atoms with Gasteiger partial charge in [0.1, 0.15) is 0 Å². The molecule has 2 rings (SSSR count). The van der Waals surface area contributed by atoms with E-state index in [1.54, 1.807) is 7.11 Å². The molecule has 0 amide bonds. The predicted octanol–water partition coefficient (Wildman–Crippen LogP) is 2.81. The summed E-state index contributed by atoms with van der Waals surface area (Å²) >= 11 is 0. The highest BCUT2D eigenvalue weighted by atomic mass is 16.7. The minimum absolute atomic E-state index is 0.0317. The van der Waals surface area contributed by atoms with Crippen LogP contribution in [0.3, 0.4) is 0 Å². The van der Waals surface area contributed by atoms with Gasteiger partial charge in [0.15, 0.2) is 6.29 Å². The first kappa shape index (κ1) is 16.0. The first-order valence-corrected chi connectivity index (χ1v) is 7.45. The van der Waals surface area contributed by atoms with Crippen LogP contribution in [0.2, 0.25) is 0 Å². The molecule has 1 aromatic rings. The number of carbonyl (C=O) groups is 1. The maximum Gasteiger partial charge on any atom is 0.308 e. The summed E-state index contributed by atoms with van der Waals surface area (Å²) in [5.41, 5.74) is 1.28. The molecular formula is C17H24O4. The van der Waals surface area contributed by atoms with Crippen LogP contribution in [0.25, 0.3) is 0 Å². The minimum atomic E-state index is -0.220. The quantitative estimate of drug-likeness (QED) is 0.756. The maximum atomic E-state index is 11.8. The Bertz CT molecular complexity index is 445. The number of esters is 1. The zero-order valence-corrected chi connectivity index (χ0v) is 13.0. The molecule has 0 saturated carbocycles. The highest BCUT2D eigenvalue weighted by molar-refractivity contribution is 5.72. The van der Waals surface area contributed by atoms with E-state index >= 15 is 0 Å². The maximum absolute atomic E-state index is 11.8. The number of rotatable bonds is 6. The lowest BCUT2D eigenvalue weighted by Crippen LogP contribution is -2.29. The van der Waals surface area contributed by atoms with Crippen molar-refractivity contribution < 1.29 is 19.0 Å². The number of methoxy groups -OCH3 is 2. The normalized spacial score (nSPS) is 26.5. The highest BCUT2D eigenvalue weighted by Crippen LogP contribution is 2.35. The number of benzene rings is 1. The van der Waals surface area contributed by atoms with Gasteiger partial charge in [-0.15, -0.1) is 0 Å². The number of hydrogen-bond donors (Lipinski definition) is 0. The Kier molecular flexibility index (Phi) is 5.76. The van der Waals surface area contributed by atoms with E-state index in [0.717, 1.165) is 19.3 Å². The first-order chi connectivity index (χ1) is 10.2. The standard InChI is InChI=1S/C17H24O4/c1-12(17(18)20-3)14-11-16(19-2)21-15(14)10-9-13-7-5-4-6-8-13/h4-8,12,14-16H,9-11H2,1-3H3/t12-,14-,15-,16+/m1/s1. The van der Waals surface area contributed by atoms with Crippen molar-refractivity contribution in [2.45, 2.75) is 38.6 Å². The van der Waals surface area contributed by atoms with Crippen molar-refractivity contribution in [1.82, 2.24) is 0 Å². The van der Waals surface area contributed by atoms with E-state index in [-0.39, 0.29) is 30.2 Å². The molecule has 4 heteroatoms. The van der Waals surface area contributed by atoms with Crippen LogP contribution in [0.4, 0.5) is 0 Å². The van der Waals surface area contributed by atoms with Crippen LogP contribution >= 0.6 is 0 Å². The molecule has 1 aromatic carbocycles. The van der Waals surface area contributed by atoms with Gasteiger partial charge >= 0.3 is 5.97 Å². The van der Waals surface area contributed by atoms with Crippen molar-refractivity contribution in [3.63, 3.8) is 0 Å². The van der Waals surface area contributed by atoms with E-state index in [9.17, 15) is 4.79 Å². The van der Waals surface area contributed by atoms with E-state index < -0.39 is 0 Å². The Balaban J connectivity index is 1.99. The minimum Gasteiger partial charge on any atom is -0.469 e. The van der Waals surface area contributed by atoms with E-state index in [0.29, 0.717) is 0 Å². The van der Waals surface area contributed by atoms with Crippen LogP contribution in [0.15, 0.2) is 30.3 Å². The van der Waals surface area contributed by atoms with Crippen LogP contribution < -0.4 is 0 Å². The predicted molar refractivity (Wildman–Crippen MR) is 79.7 cm³/mol. The average Bonchev–Trinajstić information content (AvgIpc) is 2.95. The summed E-state index contributed by atoms with van der Waals surface area (Å²) < 4.78 is 16.1. The van der Waals surface area contributed by atoms with Crippen LogP contribution in [0.1, 0.15) is 25.3 Å². The lowest BCUT2D eigenvalue weighted by Gasteiger charge is -2.22. The monoisotopic (exact) mass is 292 g/mol. The highest BCUT2D eigenvalue weighted by Gasteiger charge is 2.40. The second-order valence-corrected chi connectivity index (χ2v) is 5.58. The lowest BCUT2D eigenvalue weighted by atomic mass is 9.85. The zero-order valence-electron chi connectivity index (χ0n) is 13.0. The third kappa shape index (κ3) is 4.05. The van der Waals surface area contributed by atoms with Crippen LogP contribution in [-0.4, -0.2) is 32.6 Å². The summed E-state index contributed by atoms with van der Waals surface area (Å²) in [6.45, 7) is 1.91. The van der Waals surface area contributed by atoms with E-state index in [2.05, 4.69) is 12.1 Å². The van der Waals surface area contributed by atoms with Crippen molar-refractivity contribution >= 4 is 5.97 Å². The van der Waals surface area contributed by atoms with Gasteiger partial charge in [-0.3, -0.25) is 4.79 Å². The van der Waals surface area contributed by atoms with Crippen molar-refractivity contribution in [2.75, 3.05) is 14.2 Å². The molecule has 0 aliphatic carbocycles. The van der Waals surface area contributed by atoms with Gasteiger partial charge in [0.05, 0.1) is 19.1 Å². The molecule has 4 atom stereocenters. The fourth-order valence-corrected chi connectivity index (χ4v) is 3.00. The number of carbonyl (C=O) groups excluding carboxylic acids is 1. The van der Waals surface area contributed by atoms with Gasteiger partial charge in [-0.2, -0.15) is 0 Å². The molecule has 0 spiro atoms. The third-order valence-electron chi connectivity index (χ3n) is 4.31. The van der Waals surface area contributed by atoms with Gasteiger partial charge in [0, 0.05) is 19.4 Å². The summed E-state index contributed by atoms with van der Waals surface area (Å²) in [5, 5.41) is 0. The summed E-state index contributed by atoms with van der Waals surface area (Å²) in [6, 6.07) is 10.3. The van der Waals surface area contributed by atoms with Gasteiger partial charge in [-0.25, -0.2) is 0 Å². The molecule has 116 valence electrons. The molecule has 4 nitrogen and oxygen atoms in total. The molecule has 0 N–H and O–H groups in total. The van der Waals surface area contributed by atoms with Crippen molar-refractivity contribution in [2.24, 2.45) is 11.8 Å². The topological polar surface area (TPSA) is 44.8 Å². The molecular weight excluding hydrogens is 268 g/mol. The fourth-order valence-electron chi connectivity index (χ4n) is 3.00. The molecule has 21 heavy (non-hydrogen) atoms. The number of hydrogen-bond acceptors (Lipinski definition) is 4. The molecule has 0 unspecified atom stereocenters. The molecule has 1 aliphatic rings. The van der Waals surface area contributed by atoms with Crippen molar-refractivity contribution in [3.8, 4) is 0 Å². The fraction of sp³-hybridized carbons (Fsp3) is 0.588. The Morgan fingerprint density at radius 2 is 2.05 bits per heavy atom. The van der Waals surface area contributed by atoms with Gasteiger partial charge in [-0.1, -0.05) is 37.3 Å². The Morgan fingerprint density at radius 3 is 2.67 bits per heavy atom. The Labute approximate surface area is 126 Å². The van der Waals surface area contributed by atoms with Gasteiger partial charge < -0.3 is 14.2 Å². The van der Waals surface area contributed by atoms with E-state index in [1.165, 1.54) is 12.7 Å². The molecule has 1 fully saturated rings. The van der Waals surface area contributed by atoms with Gasteiger partial charge in [-0.05, 0) is 18.4 Å². The lowest BCUT2D eigenvalue weighted by molar-refractivity contribution is -0.148. The second kappa shape index (κ2) is 7.57. The average molecular weight is 292 g/mol. The van der Waals surface area contributed by atoms with Gasteiger partial charge in [0.25, 0.3) is 0 Å². The zero-order chi connectivity index (χ0) is 15.2. The Morgan fingerprint density at radius 1 is 1.33 bits per heavy atom. The molecule has 0 aromatic heterocycles. The largest absolute Gasteiger partial charge is 0.469 e. The summed E-state index contributed by atoms with van der Waals surface area (Å²) in [6.07, 6.45) is 2.38. The van der Waals surface area contributed by atoms with E-state index in [1.807, 2.05) is 25.1 Å². The molecule has 1 heterocycles. The van der Waals surface area contributed by atoms with Crippen LogP contribution in [0, 0.1) is 11.8 Å².